The number of fused-ring (bicyclic) bond motifs is 1. The van der Waals surface area contributed by atoms with E-state index in [1.165, 1.54) is 0 Å². The van der Waals surface area contributed by atoms with Crippen molar-refractivity contribution in [1.82, 2.24) is 20.1 Å². The summed E-state index contributed by atoms with van der Waals surface area (Å²) in [5.74, 6) is 0.889. The molecule has 2 aromatic heterocycles. The van der Waals surface area contributed by atoms with Crippen LogP contribution in [0.15, 0.2) is 38.4 Å². The molecule has 3 heterocycles. The van der Waals surface area contributed by atoms with Crippen molar-refractivity contribution in [1.29, 1.82) is 0 Å². The molecule has 30 heavy (non-hydrogen) atoms. The number of hydrogen-bond donors (Lipinski definition) is 1. The lowest BCUT2D eigenvalue weighted by Gasteiger charge is -2.34. The second-order valence-electron chi connectivity index (χ2n) is 7.06. The predicted octanol–water partition coefficient (Wildman–Crippen LogP) is 3.98. The van der Waals surface area contributed by atoms with E-state index < -0.39 is 0 Å². The molecule has 1 fully saturated rings. The second kappa shape index (κ2) is 9.09. The summed E-state index contributed by atoms with van der Waals surface area (Å²) < 4.78 is 6.98. The Balaban J connectivity index is 1.53. The van der Waals surface area contributed by atoms with Crippen molar-refractivity contribution in [3.63, 3.8) is 0 Å². The van der Waals surface area contributed by atoms with Gasteiger partial charge in [-0.3, -0.25) is 4.79 Å². The minimum absolute atomic E-state index is 0.0795. The minimum atomic E-state index is -0.118. The van der Waals surface area contributed by atoms with Gasteiger partial charge in [0.25, 0.3) is 5.91 Å². The van der Waals surface area contributed by atoms with Gasteiger partial charge >= 0.3 is 6.03 Å². The lowest BCUT2D eigenvalue weighted by Crippen LogP contribution is -2.53. The average Bonchev–Trinajstić information content (AvgIpc) is 3.35. The smallest absolute Gasteiger partial charge is 0.317 e. The molecule has 3 amide bonds. The number of aromatic nitrogens is 1. The molecule has 9 heteroatoms. The van der Waals surface area contributed by atoms with Crippen LogP contribution in [0.1, 0.15) is 28.7 Å². The largest absolute Gasteiger partial charge is 0.451 e. The summed E-state index contributed by atoms with van der Waals surface area (Å²) in [6.07, 6.45) is 0. The number of carbonyl (C=O) groups is 2. The summed E-state index contributed by atoms with van der Waals surface area (Å²) in [6, 6.07) is 7.67. The highest BCUT2D eigenvalue weighted by atomic mass is 32.2. The van der Waals surface area contributed by atoms with E-state index in [0.29, 0.717) is 49.8 Å². The van der Waals surface area contributed by atoms with Gasteiger partial charge in [-0.2, -0.15) is 0 Å². The van der Waals surface area contributed by atoms with Gasteiger partial charge in [0.2, 0.25) is 0 Å². The molecular weight excluding hydrogens is 420 g/mol. The number of aryl methyl sites for hydroxylation is 1. The maximum absolute atomic E-state index is 13.3. The molecule has 0 atom stereocenters. The van der Waals surface area contributed by atoms with Crippen molar-refractivity contribution in [2.45, 2.75) is 23.9 Å². The van der Waals surface area contributed by atoms with Crippen LogP contribution in [0.3, 0.4) is 0 Å². The second-order valence-corrected chi connectivity index (χ2v) is 9.14. The SMILES string of the molecule is CCNC(=O)N1CCN(C(=O)c2oc3ccccc3c2CSc2nc(C)cs2)CC1. The van der Waals surface area contributed by atoms with Gasteiger partial charge in [-0.05, 0) is 19.9 Å². The number of nitrogens with zero attached hydrogens (tertiary/aromatic N) is 3. The van der Waals surface area contributed by atoms with Crippen LogP contribution in [-0.2, 0) is 5.75 Å². The van der Waals surface area contributed by atoms with Crippen LogP contribution in [0.25, 0.3) is 11.0 Å². The van der Waals surface area contributed by atoms with Gasteiger partial charge < -0.3 is 19.5 Å². The Morgan fingerprint density at radius 2 is 1.93 bits per heavy atom. The van der Waals surface area contributed by atoms with Crippen LogP contribution in [-0.4, -0.2) is 59.4 Å². The molecule has 0 unspecified atom stereocenters. The molecular formula is C21H24N4O3S2. The van der Waals surface area contributed by atoms with Gasteiger partial charge in [-0.1, -0.05) is 30.0 Å². The molecule has 3 aromatic rings. The Labute approximate surface area is 183 Å². The summed E-state index contributed by atoms with van der Waals surface area (Å²) in [4.78, 5) is 33.3. The zero-order valence-corrected chi connectivity index (χ0v) is 18.6. The van der Waals surface area contributed by atoms with E-state index in [1.54, 1.807) is 32.9 Å². The number of hydrogen-bond acceptors (Lipinski definition) is 6. The summed E-state index contributed by atoms with van der Waals surface area (Å²) in [7, 11) is 0. The van der Waals surface area contributed by atoms with E-state index in [-0.39, 0.29) is 11.9 Å². The number of urea groups is 1. The van der Waals surface area contributed by atoms with Crippen molar-refractivity contribution in [3.05, 3.63) is 46.7 Å². The zero-order valence-electron chi connectivity index (χ0n) is 17.0. The highest BCUT2D eigenvalue weighted by molar-refractivity contribution is 8.00. The maximum Gasteiger partial charge on any atom is 0.317 e. The van der Waals surface area contributed by atoms with Crippen LogP contribution in [0.2, 0.25) is 0 Å². The average molecular weight is 445 g/mol. The van der Waals surface area contributed by atoms with E-state index in [4.69, 9.17) is 4.42 Å². The van der Waals surface area contributed by atoms with Crippen molar-refractivity contribution < 1.29 is 14.0 Å². The first-order chi connectivity index (χ1) is 14.6. The van der Waals surface area contributed by atoms with Crippen LogP contribution in [0.5, 0.6) is 0 Å². The highest BCUT2D eigenvalue weighted by Crippen LogP contribution is 2.34. The molecule has 4 rings (SSSR count). The van der Waals surface area contributed by atoms with E-state index in [0.717, 1.165) is 21.0 Å². The lowest BCUT2D eigenvalue weighted by atomic mass is 10.1. The van der Waals surface area contributed by atoms with E-state index >= 15 is 0 Å². The molecule has 1 aliphatic rings. The third-order valence-corrected chi connectivity index (χ3v) is 7.18. The van der Waals surface area contributed by atoms with Gasteiger partial charge in [0.15, 0.2) is 5.76 Å². The topological polar surface area (TPSA) is 78.7 Å². The number of rotatable bonds is 5. The number of furan rings is 1. The zero-order chi connectivity index (χ0) is 21.1. The van der Waals surface area contributed by atoms with Crippen LogP contribution in [0.4, 0.5) is 4.79 Å². The Bertz CT molecular complexity index is 1050. The van der Waals surface area contributed by atoms with Crippen molar-refractivity contribution in [3.8, 4) is 0 Å². The van der Waals surface area contributed by atoms with Gasteiger partial charge in [-0.15, -0.1) is 11.3 Å². The summed E-state index contributed by atoms with van der Waals surface area (Å²) in [6.45, 7) is 6.47. The Morgan fingerprint density at radius 1 is 1.20 bits per heavy atom. The Kier molecular flexibility index (Phi) is 6.29. The molecule has 1 aliphatic heterocycles. The predicted molar refractivity (Wildman–Crippen MR) is 119 cm³/mol. The molecule has 0 radical (unpaired) electrons. The molecule has 0 bridgehead atoms. The van der Waals surface area contributed by atoms with Gasteiger partial charge in [0.1, 0.15) is 9.92 Å². The fourth-order valence-corrected chi connectivity index (χ4v) is 5.34. The first-order valence-corrected chi connectivity index (χ1v) is 11.8. The van der Waals surface area contributed by atoms with Crippen molar-refractivity contribution >= 4 is 46.0 Å². The first kappa shape index (κ1) is 20.7. The molecule has 0 saturated carbocycles. The molecule has 1 saturated heterocycles. The number of nitrogens with one attached hydrogen (secondary N) is 1. The molecule has 7 nitrogen and oxygen atoms in total. The Hall–Kier alpha value is -2.52. The molecule has 1 N–H and O–H groups in total. The van der Waals surface area contributed by atoms with Gasteiger partial charge in [-0.25, -0.2) is 9.78 Å². The first-order valence-electron chi connectivity index (χ1n) is 9.94. The lowest BCUT2D eigenvalue weighted by molar-refractivity contribution is 0.0635. The highest BCUT2D eigenvalue weighted by Gasteiger charge is 2.29. The quantitative estimate of drug-likeness (QED) is 0.602. The fraction of sp³-hybridized carbons (Fsp3) is 0.381. The third-order valence-electron chi connectivity index (χ3n) is 5.01. The van der Waals surface area contributed by atoms with Crippen LogP contribution >= 0.6 is 23.1 Å². The third kappa shape index (κ3) is 4.32. The number of thiazole rings is 1. The van der Waals surface area contributed by atoms with Crippen LogP contribution < -0.4 is 5.32 Å². The summed E-state index contributed by atoms with van der Waals surface area (Å²) in [5.41, 5.74) is 2.62. The maximum atomic E-state index is 13.3. The number of piperazine rings is 1. The number of carbonyl (C=O) groups excluding carboxylic acids is 2. The molecule has 158 valence electrons. The summed E-state index contributed by atoms with van der Waals surface area (Å²) in [5, 5.41) is 5.79. The monoisotopic (exact) mass is 444 g/mol. The standard InChI is InChI=1S/C21H24N4O3S2/c1-3-22-20(27)25-10-8-24(9-11-25)19(26)18-16(13-30-21-23-14(2)12-29-21)15-6-4-5-7-17(15)28-18/h4-7,12H,3,8-11,13H2,1-2H3,(H,22,27). The van der Waals surface area contributed by atoms with E-state index in [9.17, 15) is 9.59 Å². The Morgan fingerprint density at radius 3 is 2.63 bits per heavy atom. The molecule has 0 spiro atoms. The minimum Gasteiger partial charge on any atom is -0.451 e. The summed E-state index contributed by atoms with van der Waals surface area (Å²) >= 11 is 3.23. The van der Waals surface area contributed by atoms with Gasteiger partial charge in [0, 0.05) is 60.5 Å². The normalized spacial score (nSPS) is 14.3. The fourth-order valence-electron chi connectivity index (χ4n) is 3.47. The molecule has 1 aromatic carbocycles. The van der Waals surface area contributed by atoms with Crippen LogP contribution in [0, 0.1) is 6.92 Å². The van der Waals surface area contributed by atoms with Gasteiger partial charge in [0.05, 0.1) is 0 Å². The number of para-hydroxylation sites is 1. The number of thioether (sulfide) groups is 1. The van der Waals surface area contributed by atoms with Crippen molar-refractivity contribution in [2.24, 2.45) is 0 Å². The number of benzene rings is 1. The number of amides is 3. The van der Waals surface area contributed by atoms with Crippen molar-refractivity contribution in [2.75, 3.05) is 32.7 Å². The van der Waals surface area contributed by atoms with E-state index in [2.05, 4.69) is 10.3 Å². The van der Waals surface area contributed by atoms with E-state index in [1.807, 2.05) is 43.5 Å². The molecule has 0 aliphatic carbocycles.